The molecule has 0 bridgehead atoms. The molecule has 13 aromatic rings. The lowest BCUT2D eigenvalue weighted by Gasteiger charge is -2.13. The Morgan fingerprint density at radius 2 is 0.789 bits per heavy atom. The van der Waals surface area contributed by atoms with Gasteiger partial charge in [0.2, 0.25) is 11.9 Å². The Hall–Kier alpha value is -7.83. The lowest BCUT2D eigenvalue weighted by atomic mass is 10.0. The van der Waals surface area contributed by atoms with Gasteiger partial charge in [0, 0.05) is 48.7 Å². The predicted octanol–water partition coefficient (Wildman–Crippen LogP) is 12.5. The molecule has 8 aromatic carbocycles. The van der Waals surface area contributed by atoms with Crippen molar-refractivity contribution in [2.75, 3.05) is 0 Å². The van der Waals surface area contributed by atoms with E-state index >= 15 is 0 Å². The fourth-order valence-corrected chi connectivity index (χ4v) is 9.46. The maximum atomic E-state index is 5.48. The highest BCUT2D eigenvalue weighted by Crippen LogP contribution is 2.44. The maximum absolute atomic E-state index is 5.48. The Balaban J connectivity index is 1.17. The van der Waals surface area contributed by atoms with Gasteiger partial charge in [0.05, 0.1) is 38.6 Å². The Bertz CT molecular complexity index is 3700. The molecule has 5 aromatic heterocycles. The van der Waals surface area contributed by atoms with Gasteiger partial charge in [-0.25, -0.2) is 0 Å². The second kappa shape index (κ2) is 11.4. The first-order valence-electron chi connectivity index (χ1n) is 19.3. The molecule has 0 fully saturated rings. The van der Waals surface area contributed by atoms with E-state index < -0.39 is 0 Å². The Morgan fingerprint density at radius 3 is 1.40 bits per heavy atom. The van der Waals surface area contributed by atoms with Crippen molar-refractivity contribution < 1.29 is 0 Å². The van der Waals surface area contributed by atoms with Crippen LogP contribution in [0.15, 0.2) is 182 Å². The third-order valence-corrected chi connectivity index (χ3v) is 11.9. The van der Waals surface area contributed by atoms with Gasteiger partial charge in [-0.15, -0.1) is 0 Å². The number of rotatable bonds is 4. The molecule has 0 saturated heterocycles. The zero-order chi connectivity index (χ0) is 37.2. The van der Waals surface area contributed by atoms with E-state index in [1.165, 1.54) is 43.8 Å². The highest BCUT2D eigenvalue weighted by Gasteiger charge is 2.25. The molecule has 0 atom stereocenters. The van der Waals surface area contributed by atoms with Crippen LogP contribution in [0.2, 0.25) is 0 Å². The number of benzene rings is 8. The van der Waals surface area contributed by atoms with Crippen LogP contribution in [0.4, 0.5) is 0 Å². The highest BCUT2D eigenvalue weighted by molar-refractivity contribution is 6.26. The number of nitrogens with zero attached hydrogens (tertiary/aromatic N) is 6. The summed E-state index contributed by atoms with van der Waals surface area (Å²) in [4.78, 5) is 16.4. The quantitative estimate of drug-likeness (QED) is 0.181. The molecule has 0 spiro atoms. The van der Waals surface area contributed by atoms with E-state index in [0.717, 1.165) is 54.6 Å². The first-order chi connectivity index (χ1) is 28.3. The fraction of sp³-hybridized carbons (Fsp3) is 0. The summed E-state index contributed by atoms with van der Waals surface area (Å²) in [6, 6.07) is 64.7. The van der Waals surface area contributed by atoms with Gasteiger partial charge in [-0.3, -0.25) is 9.13 Å². The lowest BCUT2D eigenvalue weighted by Crippen LogP contribution is -2.10. The van der Waals surface area contributed by atoms with Gasteiger partial charge in [0.1, 0.15) is 0 Å². The molecule has 0 amide bonds. The number of hydrogen-bond acceptors (Lipinski definition) is 3. The Morgan fingerprint density at radius 1 is 0.316 bits per heavy atom. The van der Waals surface area contributed by atoms with Crippen molar-refractivity contribution in [3.8, 4) is 34.4 Å². The smallest absolute Gasteiger partial charge is 0.240 e. The fourth-order valence-electron chi connectivity index (χ4n) is 9.46. The van der Waals surface area contributed by atoms with E-state index in [1.54, 1.807) is 0 Å². The van der Waals surface area contributed by atoms with Gasteiger partial charge < -0.3 is 4.40 Å². The molecule has 13 rings (SSSR count). The van der Waals surface area contributed by atoms with Crippen LogP contribution in [0.1, 0.15) is 0 Å². The van der Waals surface area contributed by atoms with Crippen LogP contribution in [-0.4, -0.2) is 28.5 Å². The van der Waals surface area contributed by atoms with Gasteiger partial charge in [-0.05, 0) is 59.7 Å². The molecule has 5 heterocycles. The van der Waals surface area contributed by atoms with E-state index in [2.05, 4.69) is 196 Å². The van der Waals surface area contributed by atoms with Gasteiger partial charge in [0.15, 0.2) is 5.82 Å². The first kappa shape index (κ1) is 30.5. The van der Waals surface area contributed by atoms with Crippen molar-refractivity contribution in [2.45, 2.75) is 0 Å². The number of aromatic nitrogens is 6. The third-order valence-electron chi connectivity index (χ3n) is 11.9. The first-order valence-corrected chi connectivity index (χ1v) is 19.3. The maximum Gasteiger partial charge on any atom is 0.240 e. The Kier molecular flexibility index (Phi) is 6.07. The molecule has 0 aliphatic heterocycles. The van der Waals surface area contributed by atoms with Crippen LogP contribution in [0, 0.1) is 0 Å². The second-order valence-corrected chi connectivity index (χ2v) is 14.8. The molecule has 57 heavy (non-hydrogen) atoms. The van der Waals surface area contributed by atoms with Crippen LogP contribution in [0.3, 0.4) is 0 Å². The normalized spacial score (nSPS) is 12.2. The topological polar surface area (TPSA) is 52.9 Å². The molecule has 0 N–H and O–H groups in total. The van der Waals surface area contributed by atoms with Crippen LogP contribution in [-0.2, 0) is 0 Å². The summed E-state index contributed by atoms with van der Waals surface area (Å²) in [5, 5.41) is 9.35. The SMILES string of the molecule is c1ccc(-c2ccc3c(c2)c2ccccc2n3-c2nc(-c3ccc4c5ccccc5n5c6ccccc6c3c45)nc(-n3c4ccccc4c4ccccc43)n2)cc1. The summed E-state index contributed by atoms with van der Waals surface area (Å²) in [6.45, 7) is 0. The minimum absolute atomic E-state index is 0.564. The molecule has 0 radical (unpaired) electrons. The zero-order valence-electron chi connectivity index (χ0n) is 30.5. The minimum atomic E-state index is 0.564. The van der Waals surface area contributed by atoms with Crippen molar-refractivity contribution >= 4 is 81.7 Å². The Labute approximate surface area is 325 Å². The minimum Gasteiger partial charge on any atom is -0.308 e. The van der Waals surface area contributed by atoms with Gasteiger partial charge in [-0.1, -0.05) is 133 Å². The zero-order valence-corrected chi connectivity index (χ0v) is 30.5. The summed E-state index contributed by atoms with van der Waals surface area (Å²) >= 11 is 0. The molecular formula is C51H30N6. The van der Waals surface area contributed by atoms with Crippen molar-refractivity contribution in [3.63, 3.8) is 0 Å². The third kappa shape index (κ3) is 4.16. The molecular weight excluding hydrogens is 697 g/mol. The summed E-state index contributed by atoms with van der Waals surface area (Å²) in [5.74, 6) is 1.75. The molecule has 6 nitrogen and oxygen atoms in total. The summed E-state index contributed by atoms with van der Waals surface area (Å²) in [5.41, 5.74) is 11.0. The standard InChI is InChI=1S/C51H30N6/c1-2-14-31(15-3-1)32-26-29-46-40(30-32)36-19-7-12-24-44(36)57(46)51-53-49(52-50(54-51)56-42-22-10-4-16-33(42)34-17-5-11-23-43(34)56)39-28-27-37-35-18-6-9-21-41(35)55-45-25-13-8-20-38(45)47(39)48(37)55/h1-30H. The van der Waals surface area contributed by atoms with Crippen LogP contribution in [0.5, 0.6) is 0 Å². The molecule has 6 heteroatoms. The summed E-state index contributed by atoms with van der Waals surface area (Å²) < 4.78 is 6.82. The van der Waals surface area contributed by atoms with E-state index in [4.69, 9.17) is 15.0 Å². The van der Waals surface area contributed by atoms with Crippen molar-refractivity contribution in [2.24, 2.45) is 0 Å². The number of para-hydroxylation sites is 5. The van der Waals surface area contributed by atoms with E-state index in [1.807, 2.05) is 0 Å². The van der Waals surface area contributed by atoms with Crippen LogP contribution >= 0.6 is 0 Å². The average Bonchev–Trinajstić information content (AvgIpc) is 4.01. The van der Waals surface area contributed by atoms with Crippen molar-refractivity contribution in [1.82, 2.24) is 28.5 Å². The number of fused-ring (bicyclic) bond motifs is 12. The van der Waals surface area contributed by atoms with Crippen molar-refractivity contribution in [3.05, 3.63) is 182 Å². The van der Waals surface area contributed by atoms with E-state index in [-0.39, 0.29) is 0 Å². The predicted molar refractivity (Wildman–Crippen MR) is 234 cm³/mol. The molecule has 0 saturated carbocycles. The van der Waals surface area contributed by atoms with Gasteiger partial charge in [0.25, 0.3) is 0 Å². The monoisotopic (exact) mass is 726 g/mol. The van der Waals surface area contributed by atoms with E-state index in [0.29, 0.717) is 17.7 Å². The highest BCUT2D eigenvalue weighted by atomic mass is 15.3. The van der Waals surface area contributed by atoms with Crippen LogP contribution < -0.4 is 0 Å². The van der Waals surface area contributed by atoms with Crippen LogP contribution in [0.25, 0.3) is 116 Å². The largest absolute Gasteiger partial charge is 0.308 e. The summed E-state index contributed by atoms with van der Waals surface area (Å²) in [7, 11) is 0. The molecule has 0 aliphatic rings. The molecule has 264 valence electrons. The lowest BCUT2D eigenvalue weighted by molar-refractivity contribution is 0.893. The van der Waals surface area contributed by atoms with Gasteiger partial charge >= 0.3 is 0 Å². The average molecular weight is 727 g/mol. The van der Waals surface area contributed by atoms with Gasteiger partial charge in [-0.2, -0.15) is 15.0 Å². The van der Waals surface area contributed by atoms with E-state index in [9.17, 15) is 0 Å². The second-order valence-electron chi connectivity index (χ2n) is 14.8. The van der Waals surface area contributed by atoms with Crippen molar-refractivity contribution in [1.29, 1.82) is 0 Å². The molecule has 0 aliphatic carbocycles. The number of hydrogen-bond donors (Lipinski definition) is 0. The molecule has 0 unspecified atom stereocenters. The summed E-state index contributed by atoms with van der Waals surface area (Å²) in [6.07, 6.45) is 0.